The van der Waals surface area contributed by atoms with E-state index in [4.69, 9.17) is 0 Å². The normalized spacial score (nSPS) is 16.2. The third kappa shape index (κ3) is 6.98. The molecule has 0 bridgehead atoms. The van der Waals surface area contributed by atoms with Crippen LogP contribution in [0.25, 0.3) is 0 Å². The Labute approximate surface area is 181 Å². The van der Waals surface area contributed by atoms with Crippen LogP contribution < -0.4 is 10.6 Å². The van der Waals surface area contributed by atoms with E-state index in [1.54, 1.807) is 0 Å². The largest absolute Gasteiger partial charge is 0.353 e. The summed E-state index contributed by atoms with van der Waals surface area (Å²) in [5.41, 5.74) is 2.25. The highest BCUT2D eigenvalue weighted by Crippen LogP contribution is 2.20. The second-order valence-electron chi connectivity index (χ2n) is 7.61. The van der Waals surface area contributed by atoms with Crippen molar-refractivity contribution in [3.05, 3.63) is 70.2 Å². The van der Waals surface area contributed by atoms with E-state index in [1.807, 2.05) is 30.3 Å². The summed E-state index contributed by atoms with van der Waals surface area (Å²) in [5.74, 6) is -0.159. The Morgan fingerprint density at radius 2 is 1.72 bits per heavy atom. The van der Waals surface area contributed by atoms with Gasteiger partial charge < -0.3 is 10.6 Å². The summed E-state index contributed by atoms with van der Waals surface area (Å²) in [5, 5.41) is 6.06. The molecule has 0 aromatic heterocycles. The topological polar surface area (TPSA) is 61.4 Å². The highest BCUT2D eigenvalue weighted by Gasteiger charge is 2.23. The van der Waals surface area contributed by atoms with E-state index in [0.29, 0.717) is 0 Å². The van der Waals surface area contributed by atoms with Crippen molar-refractivity contribution < 1.29 is 9.59 Å². The number of halogens is 1. The van der Waals surface area contributed by atoms with Crippen LogP contribution >= 0.6 is 15.9 Å². The van der Waals surface area contributed by atoms with Gasteiger partial charge in [-0.15, -0.1) is 0 Å². The summed E-state index contributed by atoms with van der Waals surface area (Å²) >= 11 is 3.42. The zero-order valence-corrected chi connectivity index (χ0v) is 18.3. The monoisotopic (exact) mass is 457 g/mol. The van der Waals surface area contributed by atoms with E-state index in [-0.39, 0.29) is 30.3 Å². The summed E-state index contributed by atoms with van der Waals surface area (Å²) in [7, 11) is 0. The van der Waals surface area contributed by atoms with E-state index in [2.05, 4.69) is 55.7 Å². The number of carbonyl (C=O) groups excluding carboxylic acids is 2. The molecule has 154 valence electrons. The van der Waals surface area contributed by atoms with Gasteiger partial charge in [0.25, 0.3) is 0 Å². The van der Waals surface area contributed by atoms with Gasteiger partial charge in [0.15, 0.2) is 0 Å². The SMILES string of the molecule is CC(=O)NC(CC(=O)NC1CCN(Cc2ccccc2)CC1)c1ccc(Br)cc1. The molecule has 2 aromatic rings. The van der Waals surface area contributed by atoms with E-state index in [9.17, 15) is 9.59 Å². The number of likely N-dealkylation sites (tertiary alicyclic amines) is 1. The quantitative estimate of drug-likeness (QED) is 0.664. The Morgan fingerprint density at radius 3 is 2.34 bits per heavy atom. The lowest BCUT2D eigenvalue weighted by Crippen LogP contribution is -2.45. The maximum Gasteiger partial charge on any atom is 0.222 e. The summed E-state index contributed by atoms with van der Waals surface area (Å²) in [6.07, 6.45) is 2.13. The molecular weight excluding hydrogens is 430 g/mol. The molecule has 6 heteroatoms. The first-order valence-electron chi connectivity index (χ1n) is 10.1. The predicted molar refractivity (Wildman–Crippen MR) is 118 cm³/mol. The molecule has 0 saturated carbocycles. The van der Waals surface area contributed by atoms with Gasteiger partial charge in [-0.25, -0.2) is 0 Å². The molecule has 1 fully saturated rings. The lowest BCUT2D eigenvalue weighted by molar-refractivity contribution is -0.123. The number of rotatable bonds is 7. The first kappa shape index (κ1) is 21.5. The number of carbonyl (C=O) groups is 2. The van der Waals surface area contributed by atoms with Crippen LogP contribution in [0.1, 0.15) is 43.4 Å². The Morgan fingerprint density at radius 1 is 1.07 bits per heavy atom. The fraction of sp³-hybridized carbons (Fsp3) is 0.391. The second kappa shape index (κ2) is 10.6. The average molecular weight is 458 g/mol. The van der Waals surface area contributed by atoms with Crippen molar-refractivity contribution in [1.29, 1.82) is 0 Å². The van der Waals surface area contributed by atoms with Gasteiger partial charge in [-0.3, -0.25) is 14.5 Å². The maximum atomic E-state index is 12.6. The van der Waals surface area contributed by atoms with Gasteiger partial charge in [-0.05, 0) is 36.1 Å². The molecule has 1 atom stereocenters. The van der Waals surface area contributed by atoms with Gasteiger partial charge in [0, 0.05) is 37.1 Å². The van der Waals surface area contributed by atoms with Crippen LogP contribution in [-0.2, 0) is 16.1 Å². The van der Waals surface area contributed by atoms with Crippen molar-refractivity contribution in [3.8, 4) is 0 Å². The minimum Gasteiger partial charge on any atom is -0.353 e. The zero-order valence-electron chi connectivity index (χ0n) is 16.7. The number of hydrogen-bond donors (Lipinski definition) is 2. The first-order chi connectivity index (χ1) is 14.0. The molecule has 1 aliphatic rings. The fourth-order valence-electron chi connectivity index (χ4n) is 3.74. The van der Waals surface area contributed by atoms with Crippen molar-refractivity contribution in [1.82, 2.24) is 15.5 Å². The van der Waals surface area contributed by atoms with Crippen molar-refractivity contribution in [2.45, 2.75) is 44.8 Å². The lowest BCUT2D eigenvalue weighted by atomic mass is 10.0. The molecule has 0 spiro atoms. The zero-order chi connectivity index (χ0) is 20.6. The van der Waals surface area contributed by atoms with Crippen LogP contribution in [0.3, 0.4) is 0 Å². The molecule has 29 heavy (non-hydrogen) atoms. The number of nitrogens with zero attached hydrogens (tertiary/aromatic N) is 1. The molecule has 1 unspecified atom stereocenters. The van der Waals surface area contributed by atoms with E-state index >= 15 is 0 Å². The van der Waals surface area contributed by atoms with E-state index in [1.165, 1.54) is 12.5 Å². The lowest BCUT2D eigenvalue weighted by Gasteiger charge is -2.32. The van der Waals surface area contributed by atoms with Crippen LogP contribution in [0.2, 0.25) is 0 Å². The van der Waals surface area contributed by atoms with Crippen molar-refractivity contribution >= 4 is 27.7 Å². The smallest absolute Gasteiger partial charge is 0.222 e. The van der Waals surface area contributed by atoms with Gasteiger partial charge in [0.1, 0.15) is 0 Å². The Kier molecular flexibility index (Phi) is 7.83. The van der Waals surface area contributed by atoms with Crippen molar-refractivity contribution in [3.63, 3.8) is 0 Å². The minimum absolute atomic E-state index is 0.0202. The van der Waals surface area contributed by atoms with E-state index < -0.39 is 0 Å². The Bertz CT molecular complexity index is 803. The Hall–Kier alpha value is -2.18. The minimum atomic E-state index is -0.321. The predicted octanol–water partition coefficient (Wildman–Crippen LogP) is 3.80. The molecule has 1 saturated heterocycles. The van der Waals surface area contributed by atoms with Crippen LogP contribution in [0.4, 0.5) is 0 Å². The summed E-state index contributed by atoms with van der Waals surface area (Å²) in [6.45, 7) is 4.38. The fourth-order valence-corrected chi connectivity index (χ4v) is 4.01. The number of nitrogens with one attached hydrogen (secondary N) is 2. The highest BCUT2D eigenvalue weighted by atomic mass is 79.9. The number of hydrogen-bond acceptors (Lipinski definition) is 3. The Balaban J connectivity index is 1.49. The van der Waals surface area contributed by atoms with Gasteiger partial charge in [-0.2, -0.15) is 0 Å². The highest BCUT2D eigenvalue weighted by molar-refractivity contribution is 9.10. The standard InChI is InChI=1S/C23H28BrN3O2/c1-17(28)25-22(19-7-9-20(24)10-8-19)15-23(29)26-21-11-13-27(14-12-21)16-18-5-3-2-4-6-18/h2-10,21-22H,11-16H2,1H3,(H,25,28)(H,26,29). The van der Waals surface area contributed by atoms with Crippen LogP contribution in [0.5, 0.6) is 0 Å². The van der Waals surface area contributed by atoms with Crippen molar-refractivity contribution in [2.24, 2.45) is 0 Å². The number of amides is 2. The average Bonchev–Trinajstić information content (AvgIpc) is 2.70. The summed E-state index contributed by atoms with van der Waals surface area (Å²) in [4.78, 5) is 26.7. The van der Waals surface area contributed by atoms with Gasteiger partial charge >= 0.3 is 0 Å². The molecule has 2 amide bonds. The van der Waals surface area contributed by atoms with E-state index in [0.717, 1.165) is 42.5 Å². The summed E-state index contributed by atoms with van der Waals surface area (Å²) < 4.78 is 0.967. The van der Waals surface area contributed by atoms with Gasteiger partial charge in [-0.1, -0.05) is 58.4 Å². The van der Waals surface area contributed by atoms with Crippen LogP contribution in [0, 0.1) is 0 Å². The molecule has 0 aliphatic carbocycles. The van der Waals surface area contributed by atoms with Crippen molar-refractivity contribution in [2.75, 3.05) is 13.1 Å². The van der Waals surface area contributed by atoms with Crippen LogP contribution in [-0.4, -0.2) is 35.8 Å². The van der Waals surface area contributed by atoms with Crippen LogP contribution in [0.15, 0.2) is 59.1 Å². The first-order valence-corrected chi connectivity index (χ1v) is 10.9. The molecular formula is C23H28BrN3O2. The molecule has 2 N–H and O–H groups in total. The van der Waals surface area contributed by atoms with Gasteiger partial charge in [0.2, 0.25) is 11.8 Å². The molecule has 3 rings (SSSR count). The molecule has 1 heterocycles. The molecule has 2 aromatic carbocycles. The molecule has 1 aliphatic heterocycles. The number of piperidine rings is 1. The number of benzene rings is 2. The van der Waals surface area contributed by atoms with Gasteiger partial charge in [0.05, 0.1) is 12.5 Å². The third-order valence-corrected chi connectivity index (χ3v) is 5.77. The second-order valence-corrected chi connectivity index (χ2v) is 8.53. The molecule has 0 radical (unpaired) electrons. The maximum absolute atomic E-state index is 12.6. The third-order valence-electron chi connectivity index (χ3n) is 5.24. The molecule has 5 nitrogen and oxygen atoms in total. The summed E-state index contributed by atoms with van der Waals surface area (Å²) in [6, 6.07) is 18.0.